The number of amides is 2. The molecule has 2 unspecified atom stereocenters. The van der Waals surface area contributed by atoms with E-state index in [0.29, 0.717) is 61.9 Å². The summed E-state index contributed by atoms with van der Waals surface area (Å²) in [6, 6.07) is 5.24. The molecule has 0 spiro atoms. The fourth-order valence-electron chi connectivity index (χ4n) is 6.03. The molecule has 224 valence electrons. The monoisotopic (exact) mass is 589 g/mol. The normalized spacial score (nSPS) is 20.5. The van der Waals surface area contributed by atoms with Crippen LogP contribution in [0.5, 0.6) is 0 Å². The summed E-state index contributed by atoms with van der Waals surface area (Å²) in [6.07, 6.45) is 6.51. The van der Waals surface area contributed by atoms with Gasteiger partial charge in [0.2, 0.25) is 5.95 Å². The average molecular weight is 590 g/mol. The maximum atomic E-state index is 15.1. The highest BCUT2D eigenvalue weighted by molar-refractivity contribution is 5.79. The Hall–Kier alpha value is -4.44. The minimum atomic E-state index is -0.531. The number of carbonyl (C=O) groups excluding carboxylic acids is 1. The van der Waals surface area contributed by atoms with Gasteiger partial charge in [-0.1, -0.05) is 0 Å². The van der Waals surface area contributed by atoms with Crippen molar-refractivity contribution in [2.45, 2.75) is 58.2 Å². The Bertz CT molecular complexity index is 1590. The number of ether oxygens (including phenoxy) is 1. The van der Waals surface area contributed by atoms with Crippen molar-refractivity contribution in [1.29, 1.82) is 5.26 Å². The number of aryl methyl sites for hydroxylation is 1. The van der Waals surface area contributed by atoms with Gasteiger partial charge in [0.15, 0.2) is 5.82 Å². The standard InChI is InChI=1S/C30H33F2N9O2/c1-19-27(20(2)40(37-19)18-24-5-3-4-12-43-24)28-25(32)17-34-29(36-28)38-8-10-39(11-9-38)30(42)41-26(6-7-35-41)22-13-21(16-33)14-23(31)15-22/h7,13-15,17,24,26H,3-6,8-12,18H2,1-2H3. The molecular formula is C30H33F2N9O2. The van der Waals surface area contributed by atoms with E-state index in [1.165, 1.54) is 17.3 Å². The summed E-state index contributed by atoms with van der Waals surface area (Å²) in [5.74, 6) is -0.671. The summed E-state index contributed by atoms with van der Waals surface area (Å²) in [4.78, 5) is 25.9. The number of hydrogen-bond acceptors (Lipinski definition) is 8. The number of piperazine rings is 1. The number of benzene rings is 1. The van der Waals surface area contributed by atoms with Crippen molar-refractivity contribution in [3.05, 3.63) is 58.5 Å². The Kier molecular flexibility index (Phi) is 8.03. The number of hydrazone groups is 1. The summed E-state index contributed by atoms with van der Waals surface area (Å²) < 4.78 is 37.0. The van der Waals surface area contributed by atoms with Crippen LogP contribution in [0.25, 0.3) is 11.3 Å². The van der Waals surface area contributed by atoms with Crippen molar-refractivity contribution in [1.82, 2.24) is 29.7 Å². The molecule has 2 saturated heterocycles. The predicted molar refractivity (Wildman–Crippen MR) is 154 cm³/mol. The topological polar surface area (TPSA) is 116 Å². The van der Waals surface area contributed by atoms with E-state index in [2.05, 4.69) is 20.2 Å². The summed E-state index contributed by atoms with van der Waals surface area (Å²) >= 11 is 0. The van der Waals surface area contributed by atoms with Gasteiger partial charge in [-0.3, -0.25) is 4.68 Å². The van der Waals surface area contributed by atoms with Crippen molar-refractivity contribution in [2.24, 2.45) is 5.10 Å². The molecule has 11 nitrogen and oxygen atoms in total. The zero-order chi connectivity index (χ0) is 30.1. The van der Waals surface area contributed by atoms with Gasteiger partial charge in [0, 0.05) is 56.7 Å². The second kappa shape index (κ2) is 12.0. The number of urea groups is 1. The number of halogens is 2. The third-order valence-corrected chi connectivity index (χ3v) is 8.29. The van der Waals surface area contributed by atoms with Crippen molar-refractivity contribution >= 4 is 18.2 Å². The second-order valence-corrected chi connectivity index (χ2v) is 11.1. The Morgan fingerprint density at radius 3 is 2.70 bits per heavy atom. The molecule has 3 aromatic rings. The molecule has 0 saturated carbocycles. The lowest BCUT2D eigenvalue weighted by atomic mass is 10.0. The molecule has 1 aromatic carbocycles. The fourth-order valence-corrected chi connectivity index (χ4v) is 6.03. The number of rotatable bonds is 5. The van der Waals surface area contributed by atoms with E-state index in [1.807, 2.05) is 29.5 Å². The molecule has 0 bridgehead atoms. The Morgan fingerprint density at radius 2 is 1.95 bits per heavy atom. The van der Waals surface area contributed by atoms with Gasteiger partial charge in [-0.25, -0.2) is 28.6 Å². The smallest absolute Gasteiger partial charge is 0.341 e. The minimum absolute atomic E-state index is 0.0924. The van der Waals surface area contributed by atoms with E-state index in [9.17, 15) is 14.4 Å². The molecule has 43 heavy (non-hydrogen) atoms. The number of nitrogens with zero attached hydrogens (tertiary/aromatic N) is 9. The molecule has 3 aliphatic rings. The molecule has 13 heteroatoms. The molecule has 2 amide bonds. The first-order valence-electron chi connectivity index (χ1n) is 14.6. The third-order valence-electron chi connectivity index (χ3n) is 8.29. The van der Waals surface area contributed by atoms with Crippen LogP contribution < -0.4 is 4.90 Å². The first-order chi connectivity index (χ1) is 20.8. The van der Waals surface area contributed by atoms with Crippen molar-refractivity contribution in [3.8, 4) is 17.3 Å². The molecule has 3 aliphatic heterocycles. The lowest BCUT2D eigenvalue weighted by Gasteiger charge is -2.37. The van der Waals surface area contributed by atoms with Crippen LogP contribution in [0.4, 0.5) is 19.5 Å². The van der Waals surface area contributed by atoms with E-state index < -0.39 is 17.7 Å². The molecule has 2 fully saturated rings. The van der Waals surface area contributed by atoms with E-state index >= 15 is 4.39 Å². The van der Waals surface area contributed by atoms with Crippen LogP contribution in [-0.2, 0) is 11.3 Å². The Balaban J connectivity index is 1.14. The summed E-state index contributed by atoms with van der Waals surface area (Å²) in [5.41, 5.74) is 3.08. The summed E-state index contributed by atoms with van der Waals surface area (Å²) in [5, 5.41) is 19.5. The van der Waals surface area contributed by atoms with E-state index in [4.69, 9.17) is 4.74 Å². The van der Waals surface area contributed by atoms with Crippen LogP contribution in [0.15, 0.2) is 29.5 Å². The van der Waals surface area contributed by atoms with Gasteiger partial charge in [0.1, 0.15) is 11.5 Å². The highest BCUT2D eigenvalue weighted by atomic mass is 19.1. The zero-order valence-corrected chi connectivity index (χ0v) is 24.2. The first-order valence-corrected chi connectivity index (χ1v) is 14.6. The second-order valence-electron chi connectivity index (χ2n) is 11.1. The molecule has 0 radical (unpaired) electrons. The number of nitriles is 1. The van der Waals surface area contributed by atoms with Crippen LogP contribution in [0.2, 0.25) is 0 Å². The van der Waals surface area contributed by atoms with Gasteiger partial charge in [-0.2, -0.15) is 15.5 Å². The van der Waals surface area contributed by atoms with Gasteiger partial charge >= 0.3 is 6.03 Å². The van der Waals surface area contributed by atoms with Gasteiger partial charge in [0.25, 0.3) is 0 Å². The van der Waals surface area contributed by atoms with Crippen LogP contribution >= 0.6 is 0 Å². The first kappa shape index (κ1) is 28.7. The number of aromatic nitrogens is 4. The number of anilines is 1. The molecule has 2 atom stereocenters. The van der Waals surface area contributed by atoms with E-state index in [1.54, 1.807) is 17.2 Å². The highest BCUT2D eigenvalue weighted by Gasteiger charge is 2.34. The molecular weight excluding hydrogens is 556 g/mol. The van der Waals surface area contributed by atoms with Gasteiger partial charge in [0.05, 0.1) is 42.2 Å². The summed E-state index contributed by atoms with van der Waals surface area (Å²) in [7, 11) is 0. The maximum Gasteiger partial charge on any atom is 0.341 e. The predicted octanol–water partition coefficient (Wildman–Crippen LogP) is 4.35. The molecule has 2 aromatic heterocycles. The maximum absolute atomic E-state index is 15.1. The highest BCUT2D eigenvalue weighted by Crippen LogP contribution is 2.32. The van der Waals surface area contributed by atoms with Crippen molar-refractivity contribution < 1.29 is 18.3 Å². The molecule has 0 aliphatic carbocycles. The Morgan fingerprint density at radius 1 is 1.14 bits per heavy atom. The van der Waals surface area contributed by atoms with Crippen LogP contribution in [0, 0.1) is 36.8 Å². The SMILES string of the molecule is Cc1nn(CC2CCCCO2)c(C)c1-c1nc(N2CCN(C(=O)N3N=CCC3c3cc(F)cc(C#N)c3)CC2)ncc1F. The van der Waals surface area contributed by atoms with Gasteiger partial charge < -0.3 is 14.5 Å². The number of carbonyl (C=O) groups is 1. The van der Waals surface area contributed by atoms with Crippen molar-refractivity contribution in [3.63, 3.8) is 0 Å². The Labute approximate surface area is 248 Å². The number of hydrogen-bond donors (Lipinski definition) is 0. The van der Waals surface area contributed by atoms with Crippen LogP contribution in [0.3, 0.4) is 0 Å². The van der Waals surface area contributed by atoms with E-state index in [0.717, 1.165) is 37.6 Å². The average Bonchev–Trinajstić information content (AvgIpc) is 3.62. The molecule has 6 rings (SSSR count). The van der Waals surface area contributed by atoms with Crippen LogP contribution in [-0.4, -0.2) is 80.8 Å². The third kappa shape index (κ3) is 5.79. The van der Waals surface area contributed by atoms with Crippen LogP contribution in [0.1, 0.15) is 54.2 Å². The molecule has 5 heterocycles. The minimum Gasteiger partial charge on any atom is -0.376 e. The quantitative estimate of drug-likeness (QED) is 0.435. The fraction of sp³-hybridized carbons (Fsp3) is 0.467. The van der Waals surface area contributed by atoms with Gasteiger partial charge in [-0.15, -0.1) is 0 Å². The lowest BCUT2D eigenvalue weighted by molar-refractivity contribution is 0.00362. The van der Waals surface area contributed by atoms with Crippen molar-refractivity contribution in [2.75, 3.05) is 37.7 Å². The van der Waals surface area contributed by atoms with Gasteiger partial charge in [-0.05, 0) is 56.9 Å². The lowest BCUT2D eigenvalue weighted by Crippen LogP contribution is -2.52. The zero-order valence-electron chi connectivity index (χ0n) is 24.2. The largest absolute Gasteiger partial charge is 0.376 e. The van der Waals surface area contributed by atoms with E-state index in [-0.39, 0.29) is 23.4 Å². The summed E-state index contributed by atoms with van der Waals surface area (Å²) in [6.45, 7) is 6.76. The molecule has 0 N–H and O–H groups in total.